The van der Waals surface area contributed by atoms with Crippen LogP contribution in [-0.2, 0) is 17.4 Å². The Morgan fingerprint density at radius 2 is 2.33 bits per heavy atom. The highest BCUT2D eigenvalue weighted by atomic mass is 19.3. The minimum atomic E-state index is -2.64. The zero-order chi connectivity index (χ0) is 11.1. The standard InChI is InChI=1S/C9H9F2N3O/c1-14-4-6(7(13-14)8(10)11)9(2-3-9)12-5-15/h4,8H,2-3H2,1H3. The first-order valence-corrected chi connectivity index (χ1v) is 4.50. The van der Waals surface area contributed by atoms with Crippen LogP contribution in [0.2, 0.25) is 0 Å². The lowest BCUT2D eigenvalue weighted by Gasteiger charge is -2.06. The molecular formula is C9H9F2N3O. The van der Waals surface area contributed by atoms with E-state index < -0.39 is 12.0 Å². The van der Waals surface area contributed by atoms with Crippen LogP contribution in [0.5, 0.6) is 0 Å². The van der Waals surface area contributed by atoms with Gasteiger partial charge >= 0.3 is 0 Å². The molecule has 6 heteroatoms. The Bertz CT molecular complexity index is 431. The van der Waals surface area contributed by atoms with Crippen molar-refractivity contribution in [2.75, 3.05) is 0 Å². The van der Waals surface area contributed by atoms with Gasteiger partial charge in [-0.3, -0.25) is 4.68 Å². The zero-order valence-corrected chi connectivity index (χ0v) is 8.07. The number of hydrogen-bond donors (Lipinski definition) is 0. The number of rotatable bonds is 3. The number of aliphatic imine (C=N–C) groups is 1. The number of aromatic nitrogens is 2. The van der Waals surface area contributed by atoms with Crippen molar-refractivity contribution in [1.82, 2.24) is 9.78 Å². The second-order valence-electron chi connectivity index (χ2n) is 3.64. The summed E-state index contributed by atoms with van der Waals surface area (Å²) in [6, 6.07) is 0. The summed E-state index contributed by atoms with van der Waals surface area (Å²) in [5, 5.41) is 3.68. The van der Waals surface area contributed by atoms with E-state index in [4.69, 9.17) is 0 Å². The topological polar surface area (TPSA) is 47.2 Å². The fraction of sp³-hybridized carbons (Fsp3) is 0.556. The predicted molar refractivity (Wildman–Crippen MR) is 47.2 cm³/mol. The Labute approximate surface area is 84.6 Å². The van der Waals surface area contributed by atoms with Gasteiger partial charge in [-0.15, -0.1) is 0 Å². The Morgan fingerprint density at radius 1 is 1.67 bits per heavy atom. The minimum Gasteiger partial charge on any atom is -0.275 e. The molecule has 0 bridgehead atoms. The molecule has 1 aromatic heterocycles. The van der Waals surface area contributed by atoms with Gasteiger partial charge in [0.2, 0.25) is 6.08 Å². The van der Waals surface area contributed by atoms with Crippen molar-refractivity contribution in [2.24, 2.45) is 12.0 Å². The summed E-state index contributed by atoms with van der Waals surface area (Å²) in [6.07, 6.45) is 1.50. The third kappa shape index (κ3) is 1.57. The molecule has 80 valence electrons. The van der Waals surface area contributed by atoms with Crippen LogP contribution in [-0.4, -0.2) is 15.9 Å². The summed E-state index contributed by atoms with van der Waals surface area (Å²) in [7, 11) is 1.57. The van der Waals surface area contributed by atoms with Crippen LogP contribution in [0.4, 0.5) is 8.78 Å². The lowest BCUT2D eigenvalue weighted by Crippen LogP contribution is -2.05. The molecule has 1 fully saturated rings. The maximum Gasteiger partial charge on any atom is 0.282 e. The Morgan fingerprint density at radius 3 is 2.80 bits per heavy atom. The smallest absolute Gasteiger partial charge is 0.275 e. The fourth-order valence-electron chi connectivity index (χ4n) is 1.67. The number of hydrogen-bond acceptors (Lipinski definition) is 3. The largest absolute Gasteiger partial charge is 0.282 e. The molecule has 0 spiro atoms. The number of halogens is 2. The van der Waals surface area contributed by atoms with Crippen molar-refractivity contribution in [3.8, 4) is 0 Å². The van der Waals surface area contributed by atoms with Gasteiger partial charge in [-0.05, 0) is 12.8 Å². The van der Waals surface area contributed by atoms with Crippen LogP contribution < -0.4 is 0 Å². The van der Waals surface area contributed by atoms with Gasteiger partial charge in [0.25, 0.3) is 6.43 Å². The summed E-state index contributed by atoms with van der Waals surface area (Å²) in [4.78, 5) is 13.8. The van der Waals surface area contributed by atoms with Gasteiger partial charge in [0, 0.05) is 18.8 Å². The van der Waals surface area contributed by atoms with E-state index in [1.165, 1.54) is 17.0 Å². The highest BCUT2D eigenvalue weighted by molar-refractivity contribution is 5.42. The number of isocyanates is 1. The molecule has 0 atom stereocenters. The summed E-state index contributed by atoms with van der Waals surface area (Å²) in [6.45, 7) is 0. The van der Waals surface area contributed by atoms with Crippen LogP contribution in [0.3, 0.4) is 0 Å². The van der Waals surface area contributed by atoms with E-state index in [1.54, 1.807) is 7.05 Å². The van der Waals surface area contributed by atoms with Gasteiger partial charge in [-0.1, -0.05) is 0 Å². The van der Waals surface area contributed by atoms with Crippen LogP contribution in [0.15, 0.2) is 11.2 Å². The highest BCUT2D eigenvalue weighted by Gasteiger charge is 2.48. The summed E-state index contributed by atoms with van der Waals surface area (Å²) < 4.78 is 26.6. The number of aryl methyl sites for hydroxylation is 1. The first kappa shape index (κ1) is 9.98. The lowest BCUT2D eigenvalue weighted by atomic mass is 10.1. The van der Waals surface area contributed by atoms with Gasteiger partial charge < -0.3 is 0 Å². The molecule has 0 radical (unpaired) electrons. The van der Waals surface area contributed by atoms with Crippen LogP contribution in [0.25, 0.3) is 0 Å². The highest BCUT2D eigenvalue weighted by Crippen LogP contribution is 2.51. The van der Waals surface area contributed by atoms with Crippen molar-refractivity contribution >= 4 is 6.08 Å². The first-order chi connectivity index (χ1) is 7.09. The van der Waals surface area contributed by atoms with Gasteiger partial charge in [0.15, 0.2) is 0 Å². The maximum absolute atomic E-state index is 12.6. The molecule has 0 N–H and O–H groups in total. The van der Waals surface area contributed by atoms with E-state index in [1.807, 2.05) is 0 Å². The number of nitrogens with zero attached hydrogens (tertiary/aromatic N) is 3. The van der Waals surface area contributed by atoms with Gasteiger partial charge in [-0.2, -0.15) is 10.1 Å². The molecule has 0 unspecified atom stereocenters. The normalized spacial score (nSPS) is 17.6. The minimum absolute atomic E-state index is 0.283. The molecule has 2 rings (SSSR count). The molecule has 4 nitrogen and oxygen atoms in total. The van der Waals surface area contributed by atoms with Crippen molar-refractivity contribution in [3.05, 3.63) is 17.5 Å². The molecule has 0 saturated heterocycles. The Balaban J connectivity index is 2.47. The average molecular weight is 213 g/mol. The first-order valence-electron chi connectivity index (χ1n) is 4.50. The molecule has 1 aliphatic rings. The van der Waals surface area contributed by atoms with E-state index >= 15 is 0 Å². The molecular weight excluding hydrogens is 204 g/mol. The predicted octanol–water partition coefficient (Wildman–Crippen LogP) is 1.68. The average Bonchev–Trinajstić information content (AvgIpc) is 2.82. The van der Waals surface area contributed by atoms with Crippen LogP contribution in [0.1, 0.15) is 30.5 Å². The second kappa shape index (κ2) is 3.24. The lowest BCUT2D eigenvalue weighted by molar-refractivity contribution is 0.143. The molecule has 1 aliphatic carbocycles. The fourth-order valence-corrected chi connectivity index (χ4v) is 1.67. The van der Waals surface area contributed by atoms with E-state index in [-0.39, 0.29) is 5.69 Å². The van der Waals surface area contributed by atoms with Crippen molar-refractivity contribution < 1.29 is 13.6 Å². The molecule has 0 amide bonds. The van der Waals surface area contributed by atoms with Crippen LogP contribution in [0, 0.1) is 0 Å². The number of alkyl halides is 2. The van der Waals surface area contributed by atoms with Crippen molar-refractivity contribution in [2.45, 2.75) is 24.8 Å². The molecule has 0 aliphatic heterocycles. The Hall–Kier alpha value is -1.55. The summed E-state index contributed by atoms with van der Waals surface area (Å²) >= 11 is 0. The van der Waals surface area contributed by atoms with E-state index in [9.17, 15) is 13.6 Å². The SMILES string of the molecule is Cn1cc(C2(N=C=O)CC2)c(C(F)F)n1. The second-order valence-corrected chi connectivity index (χ2v) is 3.64. The van der Waals surface area contributed by atoms with Crippen LogP contribution >= 0.6 is 0 Å². The summed E-state index contributed by atoms with van der Waals surface area (Å²) in [5.74, 6) is 0. The van der Waals surface area contributed by atoms with E-state index in [0.717, 1.165) is 0 Å². The molecule has 1 saturated carbocycles. The number of carbonyl (C=O) groups excluding carboxylic acids is 1. The maximum atomic E-state index is 12.6. The van der Waals surface area contributed by atoms with Gasteiger partial charge in [-0.25, -0.2) is 13.6 Å². The molecule has 1 heterocycles. The molecule has 0 aromatic carbocycles. The Kier molecular flexibility index (Phi) is 2.16. The third-order valence-electron chi connectivity index (χ3n) is 2.55. The molecule has 1 aromatic rings. The van der Waals surface area contributed by atoms with Crippen molar-refractivity contribution in [1.29, 1.82) is 0 Å². The van der Waals surface area contributed by atoms with Gasteiger partial charge in [0.05, 0.1) is 0 Å². The van der Waals surface area contributed by atoms with Crippen molar-refractivity contribution in [3.63, 3.8) is 0 Å². The van der Waals surface area contributed by atoms with Gasteiger partial charge in [0.1, 0.15) is 11.2 Å². The third-order valence-corrected chi connectivity index (χ3v) is 2.55. The van der Waals surface area contributed by atoms with E-state index in [2.05, 4.69) is 10.1 Å². The zero-order valence-electron chi connectivity index (χ0n) is 8.07. The van der Waals surface area contributed by atoms with E-state index in [0.29, 0.717) is 18.4 Å². The monoisotopic (exact) mass is 213 g/mol. The quantitative estimate of drug-likeness (QED) is 0.566. The molecule has 15 heavy (non-hydrogen) atoms. The summed E-state index contributed by atoms with van der Waals surface area (Å²) in [5.41, 5.74) is -0.709.